The number of rotatable bonds is 4. The number of benzene rings is 1. The third kappa shape index (κ3) is 2.65. The molecular weight excluding hydrogens is 240 g/mol. The summed E-state index contributed by atoms with van der Waals surface area (Å²) < 4.78 is 30.9. The monoisotopic (exact) mass is 253 g/mol. The van der Waals surface area contributed by atoms with Gasteiger partial charge in [0.2, 0.25) is 0 Å². The minimum atomic E-state index is -2.81. The molecule has 0 N–H and O–H groups in total. The number of nitrogens with zero attached hydrogens (tertiary/aromatic N) is 1. The molecule has 0 bridgehead atoms. The van der Waals surface area contributed by atoms with Crippen molar-refractivity contribution in [3.63, 3.8) is 0 Å². The van der Waals surface area contributed by atoms with Crippen LogP contribution in [0.3, 0.4) is 0 Å². The van der Waals surface area contributed by atoms with Gasteiger partial charge < -0.3 is 4.74 Å². The summed E-state index contributed by atoms with van der Waals surface area (Å²) in [5.74, 6) is -0.785. The predicted octanol–water partition coefficient (Wildman–Crippen LogP) is 3.23. The number of nitriles is 1. The molecule has 0 atom stereocenters. The zero-order valence-electron chi connectivity index (χ0n) is 10.2. The smallest absolute Gasteiger partial charge is 0.338 e. The van der Waals surface area contributed by atoms with Crippen molar-refractivity contribution in [3.8, 4) is 6.07 Å². The molecule has 0 aromatic heterocycles. The first kappa shape index (κ1) is 14.1. The number of hydrogen-bond donors (Lipinski definition) is 0. The van der Waals surface area contributed by atoms with Gasteiger partial charge in [0.25, 0.3) is 6.43 Å². The van der Waals surface area contributed by atoms with Crippen LogP contribution in [0.15, 0.2) is 12.1 Å². The van der Waals surface area contributed by atoms with Crippen molar-refractivity contribution in [1.82, 2.24) is 0 Å². The van der Waals surface area contributed by atoms with Gasteiger partial charge in [0.1, 0.15) is 0 Å². The van der Waals surface area contributed by atoms with Gasteiger partial charge in [-0.1, -0.05) is 6.92 Å². The Kier molecular flexibility index (Phi) is 4.78. The van der Waals surface area contributed by atoms with Crippen LogP contribution in [-0.2, 0) is 11.2 Å². The molecule has 0 saturated heterocycles. The number of alkyl halides is 2. The molecule has 0 heterocycles. The lowest BCUT2D eigenvalue weighted by Gasteiger charge is -2.13. The molecule has 0 amide bonds. The van der Waals surface area contributed by atoms with E-state index in [-0.39, 0.29) is 29.7 Å². The van der Waals surface area contributed by atoms with E-state index in [1.807, 2.05) is 6.07 Å². The Morgan fingerprint density at radius 2 is 2.11 bits per heavy atom. The molecule has 0 fully saturated rings. The molecule has 1 rings (SSSR count). The maximum absolute atomic E-state index is 13.1. The van der Waals surface area contributed by atoms with E-state index in [4.69, 9.17) is 10.00 Å². The fraction of sp³-hybridized carbons (Fsp3) is 0.385. The van der Waals surface area contributed by atoms with Gasteiger partial charge in [-0.3, -0.25) is 0 Å². The second-order valence-corrected chi connectivity index (χ2v) is 3.54. The van der Waals surface area contributed by atoms with E-state index in [2.05, 4.69) is 0 Å². The van der Waals surface area contributed by atoms with Crippen LogP contribution in [0.25, 0.3) is 0 Å². The number of esters is 1. The third-order valence-corrected chi connectivity index (χ3v) is 2.54. The zero-order valence-corrected chi connectivity index (χ0v) is 10.2. The second-order valence-electron chi connectivity index (χ2n) is 3.54. The van der Waals surface area contributed by atoms with Gasteiger partial charge in [0, 0.05) is 5.56 Å². The van der Waals surface area contributed by atoms with Crippen LogP contribution in [0.5, 0.6) is 0 Å². The Morgan fingerprint density at radius 1 is 1.44 bits per heavy atom. The molecule has 0 aliphatic carbocycles. The molecule has 5 heteroatoms. The summed E-state index contributed by atoms with van der Waals surface area (Å²) in [5, 5.41) is 8.88. The normalized spacial score (nSPS) is 10.2. The predicted molar refractivity (Wildman–Crippen MR) is 61.4 cm³/mol. The highest BCUT2D eigenvalue weighted by atomic mass is 19.3. The summed E-state index contributed by atoms with van der Waals surface area (Å²) >= 11 is 0. The minimum Gasteiger partial charge on any atom is -0.462 e. The first-order chi connectivity index (χ1) is 8.56. The van der Waals surface area contributed by atoms with Gasteiger partial charge in [-0.2, -0.15) is 5.26 Å². The summed E-state index contributed by atoms with van der Waals surface area (Å²) in [6.07, 6.45) is -2.55. The number of hydrogen-bond acceptors (Lipinski definition) is 3. The van der Waals surface area contributed by atoms with E-state index in [1.165, 1.54) is 12.1 Å². The Balaban J connectivity index is 3.45. The Bertz CT molecular complexity index is 492. The third-order valence-electron chi connectivity index (χ3n) is 2.54. The summed E-state index contributed by atoms with van der Waals surface area (Å²) in [4.78, 5) is 11.6. The van der Waals surface area contributed by atoms with Crippen molar-refractivity contribution in [2.45, 2.75) is 26.7 Å². The largest absolute Gasteiger partial charge is 0.462 e. The minimum absolute atomic E-state index is 0.114. The van der Waals surface area contributed by atoms with Gasteiger partial charge in [-0.05, 0) is 31.0 Å². The lowest BCUT2D eigenvalue weighted by Crippen LogP contribution is -2.11. The highest BCUT2D eigenvalue weighted by Crippen LogP contribution is 2.30. The van der Waals surface area contributed by atoms with E-state index in [0.717, 1.165) is 0 Å². The zero-order chi connectivity index (χ0) is 13.7. The quantitative estimate of drug-likeness (QED) is 0.774. The molecule has 96 valence electrons. The van der Waals surface area contributed by atoms with E-state index in [1.54, 1.807) is 13.8 Å². The van der Waals surface area contributed by atoms with Crippen LogP contribution in [0.2, 0.25) is 0 Å². The topological polar surface area (TPSA) is 50.1 Å². The van der Waals surface area contributed by atoms with Gasteiger partial charge in [-0.15, -0.1) is 0 Å². The van der Waals surface area contributed by atoms with Crippen LogP contribution in [0, 0.1) is 11.3 Å². The molecule has 1 aromatic carbocycles. The van der Waals surface area contributed by atoms with E-state index in [9.17, 15) is 13.6 Å². The molecule has 0 radical (unpaired) electrons. The first-order valence-corrected chi connectivity index (χ1v) is 5.57. The van der Waals surface area contributed by atoms with Crippen LogP contribution in [0.1, 0.15) is 47.3 Å². The van der Waals surface area contributed by atoms with Crippen molar-refractivity contribution >= 4 is 5.97 Å². The Hall–Kier alpha value is -1.96. The highest BCUT2D eigenvalue weighted by Gasteiger charge is 2.24. The highest BCUT2D eigenvalue weighted by molar-refractivity contribution is 5.92. The lowest BCUT2D eigenvalue weighted by molar-refractivity contribution is 0.0515. The molecule has 0 aliphatic heterocycles. The second kappa shape index (κ2) is 6.10. The van der Waals surface area contributed by atoms with Crippen molar-refractivity contribution in [3.05, 3.63) is 34.4 Å². The van der Waals surface area contributed by atoms with Crippen LogP contribution >= 0.6 is 0 Å². The first-order valence-electron chi connectivity index (χ1n) is 5.57. The molecule has 1 aromatic rings. The average molecular weight is 253 g/mol. The maximum Gasteiger partial charge on any atom is 0.338 e. The standard InChI is InChI=1S/C13H13F2NO2/c1-3-9-8(7-16)5-6-10(11(9)12(14)15)13(17)18-4-2/h5-6,12H,3-4H2,1-2H3. The molecule has 3 nitrogen and oxygen atoms in total. The van der Waals surface area contributed by atoms with Crippen molar-refractivity contribution in [2.24, 2.45) is 0 Å². The van der Waals surface area contributed by atoms with Crippen molar-refractivity contribution < 1.29 is 18.3 Å². The van der Waals surface area contributed by atoms with Gasteiger partial charge in [0.05, 0.1) is 23.8 Å². The van der Waals surface area contributed by atoms with Crippen LogP contribution in [-0.4, -0.2) is 12.6 Å². The summed E-state index contributed by atoms with van der Waals surface area (Å²) in [7, 11) is 0. The van der Waals surface area contributed by atoms with Gasteiger partial charge >= 0.3 is 5.97 Å². The summed E-state index contributed by atoms with van der Waals surface area (Å²) in [6.45, 7) is 3.38. The molecule has 18 heavy (non-hydrogen) atoms. The van der Waals surface area contributed by atoms with Gasteiger partial charge in [0.15, 0.2) is 0 Å². The van der Waals surface area contributed by atoms with Crippen molar-refractivity contribution in [1.29, 1.82) is 5.26 Å². The SMILES string of the molecule is CCOC(=O)c1ccc(C#N)c(CC)c1C(F)F. The lowest BCUT2D eigenvalue weighted by atomic mass is 9.95. The Labute approximate surface area is 104 Å². The number of carbonyl (C=O) groups is 1. The maximum atomic E-state index is 13.1. The van der Waals surface area contributed by atoms with E-state index < -0.39 is 18.0 Å². The molecule has 0 aliphatic rings. The van der Waals surface area contributed by atoms with E-state index >= 15 is 0 Å². The van der Waals surface area contributed by atoms with Crippen LogP contribution in [0.4, 0.5) is 8.78 Å². The number of halogens is 2. The molecular formula is C13H13F2NO2. The molecule has 0 unspecified atom stereocenters. The average Bonchev–Trinajstić information content (AvgIpc) is 2.36. The van der Waals surface area contributed by atoms with Crippen molar-refractivity contribution in [2.75, 3.05) is 6.61 Å². The summed E-state index contributed by atoms with van der Waals surface area (Å²) in [6, 6.07) is 4.45. The molecule has 0 spiro atoms. The fourth-order valence-electron chi connectivity index (χ4n) is 1.79. The number of carbonyl (C=O) groups excluding carboxylic acids is 1. The number of ether oxygens (including phenoxy) is 1. The van der Waals surface area contributed by atoms with Gasteiger partial charge in [-0.25, -0.2) is 13.6 Å². The fourth-order valence-corrected chi connectivity index (χ4v) is 1.79. The Morgan fingerprint density at radius 3 is 2.56 bits per heavy atom. The molecule has 0 saturated carbocycles. The van der Waals surface area contributed by atoms with Crippen LogP contribution < -0.4 is 0 Å². The summed E-state index contributed by atoms with van der Waals surface area (Å²) in [5.41, 5.74) is -0.184. The van der Waals surface area contributed by atoms with E-state index in [0.29, 0.717) is 0 Å².